The van der Waals surface area contributed by atoms with Crippen LogP contribution in [0.5, 0.6) is 0 Å². The second-order valence-electron chi connectivity index (χ2n) is 5.55. The van der Waals surface area contributed by atoms with Crippen LogP contribution in [0.25, 0.3) is 11.1 Å². The number of halogens is 1. The van der Waals surface area contributed by atoms with Crippen molar-refractivity contribution in [3.8, 4) is 11.1 Å². The van der Waals surface area contributed by atoms with Gasteiger partial charge in [-0.15, -0.1) is 0 Å². The van der Waals surface area contributed by atoms with Gasteiger partial charge in [-0.25, -0.2) is 9.38 Å². The second kappa shape index (κ2) is 4.75. The molecule has 3 rings (SSSR count). The Morgan fingerprint density at radius 1 is 1.05 bits per heavy atom. The second-order valence-corrected chi connectivity index (χ2v) is 5.55. The van der Waals surface area contributed by atoms with E-state index in [-0.39, 0.29) is 11.4 Å². The smallest absolute Gasteiger partial charge is 0.217 e. The third-order valence-corrected chi connectivity index (χ3v) is 3.27. The van der Waals surface area contributed by atoms with E-state index in [9.17, 15) is 4.39 Å². The summed E-state index contributed by atoms with van der Waals surface area (Å²) >= 11 is 0. The van der Waals surface area contributed by atoms with Gasteiger partial charge in [0, 0.05) is 11.1 Å². The minimum Gasteiger partial charge on any atom is -0.475 e. The predicted molar refractivity (Wildman–Crippen MR) is 78.4 cm³/mol. The number of aliphatic imine (C=N–C) groups is 1. The largest absolute Gasteiger partial charge is 0.475 e. The lowest BCUT2D eigenvalue weighted by Crippen LogP contribution is -2.17. The first-order valence-corrected chi connectivity index (χ1v) is 6.64. The quantitative estimate of drug-likeness (QED) is 0.806. The van der Waals surface area contributed by atoms with Crippen LogP contribution in [0, 0.1) is 5.82 Å². The van der Waals surface area contributed by atoms with Crippen LogP contribution in [-0.2, 0) is 4.74 Å². The first-order chi connectivity index (χ1) is 9.57. The summed E-state index contributed by atoms with van der Waals surface area (Å²) in [6.07, 6.45) is 0. The first kappa shape index (κ1) is 12.9. The maximum Gasteiger partial charge on any atom is 0.217 e. The van der Waals surface area contributed by atoms with Gasteiger partial charge in [-0.2, -0.15) is 0 Å². The van der Waals surface area contributed by atoms with Gasteiger partial charge in [0.25, 0.3) is 0 Å². The Morgan fingerprint density at radius 3 is 2.45 bits per heavy atom. The van der Waals surface area contributed by atoms with Crippen molar-refractivity contribution in [1.82, 2.24) is 0 Å². The van der Waals surface area contributed by atoms with E-state index in [0.29, 0.717) is 23.6 Å². The third-order valence-electron chi connectivity index (χ3n) is 3.27. The van der Waals surface area contributed by atoms with Gasteiger partial charge >= 0.3 is 0 Å². The molecule has 1 aliphatic heterocycles. The molecule has 1 aliphatic rings. The van der Waals surface area contributed by atoms with E-state index in [1.807, 2.05) is 50.2 Å². The Morgan fingerprint density at radius 2 is 1.80 bits per heavy atom. The van der Waals surface area contributed by atoms with Gasteiger partial charge in [-0.3, -0.25) is 0 Å². The number of ether oxygens (including phenoxy) is 1. The molecule has 2 aromatic carbocycles. The summed E-state index contributed by atoms with van der Waals surface area (Å²) in [5, 5.41) is 0. The molecule has 0 fully saturated rings. The average molecular weight is 269 g/mol. The molecule has 0 saturated heterocycles. The van der Waals surface area contributed by atoms with Crippen molar-refractivity contribution in [1.29, 1.82) is 0 Å². The molecule has 0 N–H and O–H groups in total. The van der Waals surface area contributed by atoms with Crippen molar-refractivity contribution in [2.24, 2.45) is 4.99 Å². The van der Waals surface area contributed by atoms with Crippen molar-refractivity contribution in [3.63, 3.8) is 0 Å². The molecule has 3 heteroatoms. The molecule has 0 unspecified atom stereocenters. The summed E-state index contributed by atoms with van der Waals surface area (Å²) in [6.45, 7) is 4.52. The van der Waals surface area contributed by atoms with Gasteiger partial charge in [0.2, 0.25) is 5.90 Å². The molecule has 0 saturated carbocycles. The SMILES string of the molecule is CC1(C)COC(c2cccc(F)c2-c2ccccc2)=N1. The minimum absolute atomic E-state index is 0.254. The van der Waals surface area contributed by atoms with E-state index in [2.05, 4.69) is 4.99 Å². The lowest BCUT2D eigenvalue weighted by atomic mass is 9.99. The van der Waals surface area contributed by atoms with Crippen molar-refractivity contribution in [2.45, 2.75) is 19.4 Å². The highest BCUT2D eigenvalue weighted by atomic mass is 19.1. The van der Waals surface area contributed by atoms with E-state index in [1.54, 1.807) is 6.07 Å². The maximum absolute atomic E-state index is 14.3. The fraction of sp³-hybridized carbons (Fsp3) is 0.235. The molecule has 0 atom stereocenters. The van der Waals surface area contributed by atoms with Gasteiger partial charge in [-0.05, 0) is 31.5 Å². The number of rotatable bonds is 2. The number of nitrogens with zero attached hydrogens (tertiary/aromatic N) is 1. The van der Waals surface area contributed by atoms with Gasteiger partial charge in [0.15, 0.2) is 0 Å². The van der Waals surface area contributed by atoms with Gasteiger partial charge in [0.05, 0.1) is 5.54 Å². The zero-order valence-corrected chi connectivity index (χ0v) is 11.6. The van der Waals surface area contributed by atoms with Crippen LogP contribution in [0.3, 0.4) is 0 Å². The van der Waals surface area contributed by atoms with Crippen molar-refractivity contribution in [3.05, 3.63) is 59.9 Å². The van der Waals surface area contributed by atoms with Crippen LogP contribution >= 0.6 is 0 Å². The Bertz CT molecular complexity index is 662. The number of hydrogen-bond acceptors (Lipinski definition) is 2. The molecule has 0 aromatic heterocycles. The Balaban J connectivity index is 2.16. The molecule has 1 heterocycles. The van der Waals surface area contributed by atoms with E-state index in [1.165, 1.54) is 6.07 Å². The van der Waals surface area contributed by atoms with E-state index >= 15 is 0 Å². The van der Waals surface area contributed by atoms with Crippen LogP contribution in [-0.4, -0.2) is 18.0 Å². The average Bonchev–Trinajstić information content (AvgIpc) is 2.80. The fourth-order valence-electron chi connectivity index (χ4n) is 2.32. The summed E-state index contributed by atoms with van der Waals surface area (Å²) in [4.78, 5) is 4.55. The van der Waals surface area contributed by atoms with Crippen LogP contribution in [0.1, 0.15) is 19.4 Å². The number of hydrogen-bond donors (Lipinski definition) is 0. The fourth-order valence-corrected chi connectivity index (χ4v) is 2.32. The summed E-state index contributed by atoms with van der Waals surface area (Å²) in [7, 11) is 0. The normalized spacial score (nSPS) is 16.6. The molecule has 0 aliphatic carbocycles. The van der Waals surface area contributed by atoms with E-state index < -0.39 is 0 Å². The minimum atomic E-state index is -0.260. The van der Waals surface area contributed by atoms with Crippen LogP contribution < -0.4 is 0 Å². The van der Waals surface area contributed by atoms with Crippen LogP contribution in [0.15, 0.2) is 53.5 Å². The van der Waals surface area contributed by atoms with Crippen LogP contribution in [0.4, 0.5) is 4.39 Å². The molecular formula is C17H16FNO. The van der Waals surface area contributed by atoms with E-state index in [0.717, 1.165) is 5.56 Å². The third kappa shape index (κ3) is 2.31. The molecule has 0 radical (unpaired) electrons. The summed E-state index contributed by atoms with van der Waals surface area (Å²) in [6, 6.07) is 14.5. The highest BCUT2D eigenvalue weighted by Gasteiger charge is 2.29. The zero-order valence-electron chi connectivity index (χ0n) is 11.6. The van der Waals surface area contributed by atoms with Gasteiger partial charge in [-0.1, -0.05) is 36.4 Å². The summed E-state index contributed by atoms with van der Waals surface area (Å²) in [5.41, 5.74) is 1.83. The van der Waals surface area contributed by atoms with Gasteiger partial charge in [0.1, 0.15) is 12.4 Å². The lowest BCUT2D eigenvalue weighted by Gasteiger charge is -2.10. The molecule has 0 bridgehead atoms. The summed E-state index contributed by atoms with van der Waals surface area (Å²) < 4.78 is 19.9. The predicted octanol–water partition coefficient (Wildman–Crippen LogP) is 4.05. The van der Waals surface area contributed by atoms with E-state index in [4.69, 9.17) is 4.74 Å². The Labute approximate surface area is 117 Å². The maximum atomic E-state index is 14.3. The van der Waals surface area contributed by atoms with Gasteiger partial charge < -0.3 is 4.74 Å². The Hall–Kier alpha value is -2.16. The van der Waals surface area contributed by atoms with Crippen molar-refractivity contribution in [2.75, 3.05) is 6.61 Å². The van der Waals surface area contributed by atoms with Crippen LogP contribution in [0.2, 0.25) is 0 Å². The highest BCUT2D eigenvalue weighted by Crippen LogP contribution is 2.30. The Kier molecular flexibility index (Phi) is 3.05. The topological polar surface area (TPSA) is 21.6 Å². The molecule has 2 nitrogen and oxygen atoms in total. The molecule has 0 amide bonds. The standard InChI is InChI=1S/C17H16FNO/c1-17(2)11-20-16(19-17)13-9-6-10-14(18)15(13)12-7-4-3-5-8-12/h3-10H,11H2,1-2H3. The molecule has 0 spiro atoms. The zero-order chi connectivity index (χ0) is 14.2. The molecule has 20 heavy (non-hydrogen) atoms. The van der Waals surface area contributed by atoms with Crippen molar-refractivity contribution < 1.29 is 9.13 Å². The molecule has 102 valence electrons. The highest BCUT2D eigenvalue weighted by molar-refractivity contribution is 6.01. The first-order valence-electron chi connectivity index (χ1n) is 6.64. The summed E-state index contributed by atoms with van der Waals surface area (Å²) in [5.74, 6) is 0.262. The molecular weight excluding hydrogens is 253 g/mol. The lowest BCUT2D eigenvalue weighted by molar-refractivity contribution is 0.279. The molecule has 2 aromatic rings. The monoisotopic (exact) mass is 269 g/mol. The number of benzene rings is 2. The van der Waals surface area contributed by atoms with Crippen molar-refractivity contribution >= 4 is 5.90 Å².